The Balaban J connectivity index is 2.20. The number of carbonyl (C=O) groups is 1. The largest absolute Gasteiger partial charge is 0.389 e. The van der Waals surface area contributed by atoms with E-state index in [-0.39, 0.29) is 10.6 Å². The fourth-order valence-electron chi connectivity index (χ4n) is 1.61. The summed E-state index contributed by atoms with van der Waals surface area (Å²) < 4.78 is 38.9. The van der Waals surface area contributed by atoms with Gasteiger partial charge >= 0.3 is 0 Å². The van der Waals surface area contributed by atoms with E-state index in [9.17, 15) is 18.0 Å². The molecule has 1 amide bonds. The topological polar surface area (TPSA) is 55.1 Å². The average molecular weight is 310 g/mol. The van der Waals surface area contributed by atoms with Crippen molar-refractivity contribution in [2.24, 2.45) is 5.73 Å². The number of thiocarbonyl (C=S) groups is 1. The van der Waals surface area contributed by atoms with Crippen LogP contribution in [-0.4, -0.2) is 10.9 Å². The van der Waals surface area contributed by atoms with Crippen LogP contribution in [0.3, 0.4) is 0 Å². The highest BCUT2D eigenvalue weighted by Gasteiger charge is 2.15. The smallest absolute Gasteiger partial charge is 0.255 e. The van der Waals surface area contributed by atoms with Crippen LogP contribution in [0.25, 0.3) is 0 Å². The summed E-state index contributed by atoms with van der Waals surface area (Å²) >= 11 is 4.78. The lowest BCUT2D eigenvalue weighted by atomic mass is 10.1. The van der Waals surface area contributed by atoms with Crippen molar-refractivity contribution in [2.45, 2.75) is 0 Å². The van der Waals surface area contributed by atoms with Gasteiger partial charge in [-0.3, -0.25) is 4.79 Å². The third-order valence-corrected chi connectivity index (χ3v) is 2.91. The molecule has 3 N–H and O–H groups in total. The highest BCUT2D eigenvalue weighted by Crippen LogP contribution is 2.16. The molecular formula is C14H9F3N2OS. The summed E-state index contributed by atoms with van der Waals surface area (Å²) in [5.41, 5.74) is 6.09. The molecule has 0 fully saturated rings. The van der Waals surface area contributed by atoms with E-state index in [0.29, 0.717) is 23.4 Å². The second-order valence-corrected chi connectivity index (χ2v) is 4.59. The number of benzene rings is 2. The van der Waals surface area contributed by atoms with Gasteiger partial charge < -0.3 is 11.1 Å². The Bertz CT molecular complexity index is 694. The Morgan fingerprint density at radius 3 is 2.00 bits per heavy atom. The quantitative estimate of drug-likeness (QED) is 0.677. The first kappa shape index (κ1) is 15.0. The van der Waals surface area contributed by atoms with E-state index in [4.69, 9.17) is 18.0 Å². The molecule has 7 heteroatoms. The predicted octanol–water partition coefficient (Wildman–Crippen LogP) is 2.99. The van der Waals surface area contributed by atoms with Crippen molar-refractivity contribution in [1.29, 1.82) is 0 Å². The monoisotopic (exact) mass is 310 g/mol. The lowest BCUT2D eigenvalue weighted by Gasteiger charge is -2.07. The minimum Gasteiger partial charge on any atom is -0.389 e. The van der Waals surface area contributed by atoms with Gasteiger partial charge in [-0.2, -0.15) is 0 Å². The number of amides is 1. The van der Waals surface area contributed by atoms with E-state index in [0.717, 1.165) is 0 Å². The van der Waals surface area contributed by atoms with E-state index in [1.54, 1.807) is 12.1 Å². The molecule has 0 aliphatic heterocycles. The van der Waals surface area contributed by atoms with E-state index in [1.165, 1.54) is 12.1 Å². The Labute approximate surface area is 123 Å². The van der Waals surface area contributed by atoms with E-state index in [2.05, 4.69) is 5.32 Å². The maximum Gasteiger partial charge on any atom is 0.255 e. The van der Waals surface area contributed by atoms with Gasteiger partial charge in [0.1, 0.15) is 4.99 Å². The van der Waals surface area contributed by atoms with E-state index >= 15 is 0 Å². The highest BCUT2D eigenvalue weighted by atomic mass is 32.1. The van der Waals surface area contributed by atoms with Crippen LogP contribution in [0.5, 0.6) is 0 Å². The molecule has 0 aliphatic rings. The maximum atomic E-state index is 13.1. The zero-order chi connectivity index (χ0) is 15.6. The molecule has 0 radical (unpaired) electrons. The van der Waals surface area contributed by atoms with Gasteiger partial charge in [0.05, 0.1) is 0 Å². The van der Waals surface area contributed by atoms with Crippen LogP contribution in [0.2, 0.25) is 0 Å². The van der Waals surface area contributed by atoms with Crippen LogP contribution in [0, 0.1) is 17.5 Å². The molecule has 2 rings (SSSR count). The Morgan fingerprint density at radius 1 is 1.00 bits per heavy atom. The van der Waals surface area contributed by atoms with Crippen molar-refractivity contribution in [3.8, 4) is 0 Å². The van der Waals surface area contributed by atoms with Gasteiger partial charge in [0.15, 0.2) is 17.5 Å². The molecule has 0 bridgehead atoms. The first-order valence-corrected chi connectivity index (χ1v) is 6.15. The van der Waals surface area contributed by atoms with Crippen molar-refractivity contribution in [1.82, 2.24) is 0 Å². The average Bonchev–Trinajstić information content (AvgIpc) is 2.44. The molecule has 0 unspecified atom stereocenters. The zero-order valence-electron chi connectivity index (χ0n) is 10.5. The number of hydrogen-bond acceptors (Lipinski definition) is 2. The summed E-state index contributed by atoms with van der Waals surface area (Å²) in [6.07, 6.45) is 0. The summed E-state index contributed by atoms with van der Waals surface area (Å²) in [6, 6.07) is 7.48. The van der Waals surface area contributed by atoms with Crippen LogP contribution in [0.4, 0.5) is 18.9 Å². The Morgan fingerprint density at radius 2 is 1.52 bits per heavy atom. The van der Waals surface area contributed by atoms with Crippen LogP contribution < -0.4 is 11.1 Å². The summed E-state index contributed by atoms with van der Waals surface area (Å²) in [5, 5.41) is 2.42. The standard InChI is InChI=1S/C14H9F3N2OS/c15-10-5-8(6-11(16)12(10)17)14(20)19-9-3-1-7(2-4-9)13(18)21/h1-6H,(H2,18,21)(H,19,20). The van der Waals surface area contributed by atoms with Gasteiger partial charge in [-0.15, -0.1) is 0 Å². The van der Waals surface area contributed by atoms with Crippen molar-refractivity contribution in [2.75, 3.05) is 5.32 Å². The van der Waals surface area contributed by atoms with Crippen LogP contribution >= 0.6 is 12.2 Å². The van der Waals surface area contributed by atoms with Gasteiger partial charge in [0, 0.05) is 16.8 Å². The number of carbonyl (C=O) groups excluding carboxylic acids is 1. The van der Waals surface area contributed by atoms with Crippen molar-refractivity contribution >= 4 is 28.8 Å². The fraction of sp³-hybridized carbons (Fsp3) is 0. The Hall–Kier alpha value is -2.41. The molecule has 21 heavy (non-hydrogen) atoms. The third kappa shape index (κ3) is 3.38. The summed E-state index contributed by atoms with van der Waals surface area (Å²) in [5.74, 6) is -5.24. The molecule has 108 valence electrons. The second-order valence-electron chi connectivity index (χ2n) is 4.15. The molecule has 0 spiro atoms. The number of rotatable bonds is 3. The minimum atomic E-state index is -1.62. The molecule has 0 atom stereocenters. The zero-order valence-corrected chi connectivity index (χ0v) is 11.3. The van der Waals surface area contributed by atoms with Gasteiger partial charge in [-0.25, -0.2) is 13.2 Å². The van der Waals surface area contributed by atoms with Gasteiger partial charge in [0.2, 0.25) is 0 Å². The molecule has 0 heterocycles. The Kier molecular flexibility index (Phi) is 4.23. The van der Waals surface area contributed by atoms with Crippen LogP contribution in [0.1, 0.15) is 15.9 Å². The van der Waals surface area contributed by atoms with Crippen LogP contribution in [0.15, 0.2) is 36.4 Å². The number of anilines is 1. The number of hydrogen-bond donors (Lipinski definition) is 2. The van der Waals surface area contributed by atoms with Crippen LogP contribution in [-0.2, 0) is 0 Å². The van der Waals surface area contributed by atoms with Gasteiger partial charge in [0.25, 0.3) is 5.91 Å². The lowest BCUT2D eigenvalue weighted by molar-refractivity contribution is 0.102. The van der Waals surface area contributed by atoms with Gasteiger partial charge in [-0.1, -0.05) is 12.2 Å². The van der Waals surface area contributed by atoms with E-state index < -0.39 is 23.4 Å². The fourth-order valence-corrected chi connectivity index (χ4v) is 1.74. The van der Waals surface area contributed by atoms with Gasteiger partial charge in [-0.05, 0) is 36.4 Å². The molecule has 2 aromatic carbocycles. The molecule has 0 aliphatic carbocycles. The molecule has 0 saturated heterocycles. The molecule has 0 aromatic heterocycles. The highest BCUT2D eigenvalue weighted by molar-refractivity contribution is 7.80. The normalized spacial score (nSPS) is 10.2. The first-order valence-electron chi connectivity index (χ1n) is 5.74. The summed E-state index contributed by atoms with van der Waals surface area (Å²) in [4.78, 5) is 12.0. The number of nitrogens with one attached hydrogen (secondary N) is 1. The summed E-state index contributed by atoms with van der Waals surface area (Å²) in [6.45, 7) is 0. The lowest BCUT2D eigenvalue weighted by Crippen LogP contribution is -2.14. The third-order valence-electron chi connectivity index (χ3n) is 2.67. The second kappa shape index (κ2) is 5.92. The minimum absolute atomic E-state index is 0.204. The van der Waals surface area contributed by atoms with Crippen molar-refractivity contribution in [3.63, 3.8) is 0 Å². The summed E-state index contributed by atoms with van der Waals surface area (Å²) in [7, 11) is 0. The number of nitrogens with two attached hydrogens (primary N) is 1. The SMILES string of the molecule is NC(=S)c1ccc(NC(=O)c2cc(F)c(F)c(F)c2)cc1. The maximum absolute atomic E-state index is 13.1. The molecule has 0 saturated carbocycles. The molecule has 2 aromatic rings. The van der Waals surface area contributed by atoms with Crippen molar-refractivity contribution in [3.05, 3.63) is 65.0 Å². The predicted molar refractivity (Wildman–Crippen MR) is 76.6 cm³/mol. The van der Waals surface area contributed by atoms with Crippen molar-refractivity contribution < 1.29 is 18.0 Å². The molecule has 3 nitrogen and oxygen atoms in total. The molecular weight excluding hydrogens is 301 g/mol. The first-order chi connectivity index (χ1) is 9.88. The number of halogens is 3. The van der Waals surface area contributed by atoms with E-state index in [1.807, 2.05) is 0 Å².